The van der Waals surface area contributed by atoms with E-state index in [-0.39, 0.29) is 16.5 Å². The largest absolute Gasteiger partial charge is 0.444 e. The third-order valence-electron chi connectivity index (χ3n) is 4.73. The number of sulfonamides is 1. The first-order valence-electron chi connectivity index (χ1n) is 10.1. The van der Waals surface area contributed by atoms with Crippen molar-refractivity contribution in [3.8, 4) is 0 Å². The van der Waals surface area contributed by atoms with Crippen molar-refractivity contribution in [2.45, 2.75) is 31.3 Å². The first-order chi connectivity index (χ1) is 14.9. The molecule has 3 rings (SSSR count). The van der Waals surface area contributed by atoms with Gasteiger partial charge in [0.1, 0.15) is 11.4 Å². The van der Waals surface area contributed by atoms with Crippen molar-refractivity contribution in [1.29, 1.82) is 0 Å². The Balaban J connectivity index is 1.60. The van der Waals surface area contributed by atoms with Crippen LogP contribution in [0.15, 0.2) is 53.4 Å². The maximum absolute atomic E-state index is 13.0. The van der Waals surface area contributed by atoms with Crippen LogP contribution in [0.1, 0.15) is 31.1 Å². The van der Waals surface area contributed by atoms with Gasteiger partial charge >= 0.3 is 6.09 Å². The summed E-state index contributed by atoms with van der Waals surface area (Å²) in [5.74, 6) is -0.716. The number of benzene rings is 2. The highest BCUT2D eigenvalue weighted by Crippen LogP contribution is 2.19. The maximum atomic E-state index is 13.0. The van der Waals surface area contributed by atoms with Crippen LogP contribution >= 0.6 is 0 Å². The summed E-state index contributed by atoms with van der Waals surface area (Å²) in [7, 11) is -3.88. The normalized spacial score (nSPS) is 14.8. The summed E-state index contributed by atoms with van der Waals surface area (Å²) in [4.78, 5) is 28.1. The second-order valence-corrected chi connectivity index (χ2v) is 10.1. The molecule has 0 aromatic heterocycles. The molecule has 1 saturated heterocycles. The number of rotatable bonds is 4. The number of nitrogens with zero attached hydrogens (tertiary/aromatic N) is 2. The molecule has 2 amide bonds. The van der Waals surface area contributed by atoms with Gasteiger partial charge in [-0.2, -0.15) is 0 Å². The van der Waals surface area contributed by atoms with Crippen molar-refractivity contribution in [1.82, 2.24) is 9.80 Å². The molecule has 0 spiro atoms. The van der Waals surface area contributed by atoms with Crippen LogP contribution in [0.4, 0.5) is 14.9 Å². The van der Waals surface area contributed by atoms with Gasteiger partial charge in [0.05, 0.1) is 4.90 Å². The Kier molecular flexibility index (Phi) is 6.73. The molecule has 32 heavy (non-hydrogen) atoms. The number of carbonyl (C=O) groups is 2. The van der Waals surface area contributed by atoms with Gasteiger partial charge in [0.25, 0.3) is 15.9 Å². The van der Waals surface area contributed by atoms with Gasteiger partial charge in [-0.25, -0.2) is 17.6 Å². The predicted molar refractivity (Wildman–Crippen MR) is 117 cm³/mol. The summed E-state index contributed by atoms with van der Waals surface area (Å²) < 4.78 is 45.8. The Morgan fingerprint density at radius 3 is 1.97 bits per heavy atom. The van der Waals surface area contributed by atoms with Gasteiger partial charge in [0.2, 0.25) is 0 Å². The van der Waals surface area contributed by atoms with E-state index in [1.807, 2.05) is 0 Å². The van der Waals surface area contributed by atoms with Crippen LogP contribution in [0.25, 0.3) is 0 Å². The molecule has 0 atom stereocenters. The van der Waals surface area contributed by atoms with Crippen molar-refractivity contribution >= 4 is 27.7 Å². The molecule has 0 bridgehead atoms. The zero-order chi connectivity index (χ0) is 23.5. The number of amides is 2. The van der Waals surface area contributed by atoms with Crippen molar-refractivity contribution in [3.05, 3.63) is 59.9 Å². The van der Waals surface area contributed by atoms with E-state index in [1.165, 1.54) is 36.4 Å². The summed E-state index contributed by atoms with van der Waals surface area (Å²) in [6.07, 6.45) is -0.409. The molecule has 0 saturated carbocycles. The number of anilines is 1. The third kappa shape index (κ3) is 5.97. The van der Waals surface area contributed by atoms with Gasteiger partial charge < -0.3 is 14.5 Å². The van der Waals surface area contributed by atoms with E-state index in [1.54, 1.807) is 30.6 Å². The molecule has 172 valence electrons. The lowest BCUT2D eigenvalue weighted by atomic mass is 10.2. The Hall–Kier alpha value is -3.14. The van der Waals surface area contributed by atoms with E-state index in [9.17, 15) is 22.4 Å². The lowest BCUT2D eigenvalue weighted by Crippen LogP contribution is -2.51. The Labute approximate surface area is 187 Å². The highest BCUT2D eigenvalue weighted by molar-refractivity contribution is 7.92. The fourth-order valence-corrected chi connectivity index (χ4v) is 4.17. The minimum atomic E-state index is -3.88. The van der Waals surface area contributed by atoms with Gasteiger partial charge in [-0.05, 0) is 69.3 Å². The van der Waals surface area contributed by atoms with E-state index < -0.39 is 27.5 Å². The fraction of sp³-hybridized carbons (Fsp3) is 0.364. The van der Waals surface area contributed by atoms with Gasteiger partial charge in [0, 0.05) is 37.4 Å². The van der Waals surface area contributed by atoms with Crippen LogP contribution in [0.5, 0.6) is 0 Å². The molecule has 1 fully saturated rings. The molecule has 0 aliphatic carbocycles. The summed E-state index contributed by atoms with van der Waals surface area (Å²) in [6.45, 7) is 6.80. The summed E-state index contributed by atoms with van der Waals surface area (Å²) in [6, 6.07) is 10.5. The number of carbonyl (C=O) groups excluding carboxylic acids is 2. The van der Waals surface area contributed by atoms with Gasteiger partial charge in [-0.1, -0.05) is 0 Å². The smallest absolute Gasteiger partial charge is 0.410 e. The number of nitrogens with one attached hydrogen (secondary N) is 1. The molecule has 1 aliphatic heterocycles. The second kappa shape index (κ2) is 9.15. The Morgan fingerprint density at radius 1 is 0.906 bits per heavy atom. The lowest BCUT2D eigenvalue weighted by Gasteiger charge is -2.35. The molecule has 1 heterocycles. The zero-order valence-corrected chi connectivity index (χ0v) is 19.0. The van der Waals surface area contributed by atoms with Crippen LogP contribution in [-0.4, -0.2) is 62.0 Å². The molecule has 10 heteroatoms. The molecule has 1 aliphatic rings. The standard InChI is InChI=1S/C22H26FN3O5S/c1-22(2,3)31-21(28)26-14-12-25(13-15-26)20(27)16-4-10-19(11-5-16)32(29,30)24-18-8-6-17(23)7-9-18/h4-11,24H,12-15H2,1-3H3. The average molecular weight is 464 g/mol. The molecule has 0 unspecified atom stereocenters. The third-order valence-corrected chi connectivity index (χ3v) is 6.12. The number of ether oxygens (including phenoxy) is 1. The average Bonchev–Trinajstić information content (AvgIpc) is 2.74. The highest BCUT2D eigenvalue weighted by Gasteiger charge is 2.28. The topological polar surface area (TPSA) is 96.0 Å². The van der Waals surface area contributed by atoms with Crippen LogP contribution in [-0.2, 0) is 14.8 Å². The SMILES string of the molecule is CC(C)(C)OC(=O)N1CCN(C(=O)c2ccc(S(=O)(=O)Nc3ccc(F)cc3)cc2)CC1. The molecule has 1 N–H and O–H groups in total. The van der Waals surface area contributed by atoms with E-state index in [2.05, 4.69) is 4.72 Å². The molecule has 0 radical (unpaired) electrons. The van der Waals surface area contributed by atoms with Crippen molar-refractivity contribution < 1.29 is 27.1 Å². The number of hydrogen-bond donors (Lipinski definition) is 1. The minimum absolute atomic E-state index is 0.0203. The maximum Gasteiger partial charge on any atom is 0.410 e. The van der Waals surface area contributed by atoms with E-state index >= 15 is 0 Å². The molecular formula is C22H26FN3O5S. The van der Waals surface area contributed by atoms with Crippen molar-refractivity contribution in [2.75, 3.05) is 30.9 Å². The molecule has 2 aromatic carbocycles. The van der Waals surface area contributed by atoms with Crippen LogP contribution in [0, 0.1) is 5.82 Å². The first-order valence-corrected chi connectivity index (χ1v) is 11.6. The Morgan fingerprint density at radius 2 is 1.44 bits per heavy atom. The highest BCUT2D eigenvalue weighted by atomic mass is 32.2. The second-order valence-electron chi connectivity index (χ2n) is 8.40. The van der Waals surface area contributed by atoms with Crippen molar-refractivity contribution in [3.63, 3.8) is 0 Å². The molecule has 8 nitrogen and oxygen atoms in total. The van der Waals surface area contributed by atoms with Crippen LogP contribution in [0.2, 0.25) is 0 Å². The Bertz CT molecular complexity index is 1070. The van der Waals surface area contributed by atoms with Gasteiger partial charge in [0.15, 0.2) is 0 Å². The minimum Gasteiger partial charge on any atom is -0.444 e. The number of hydrogen-bond acceptors (Lipinski definition) is 5. The van der Waals surface area contributed by atoms with Crippen LogP contribution < -0.4 is 4.72 Å². The molecular weight excluding hydrogens is 437 g/mol. The van der Waals surface area contributed by atoms with E-state index in [4.69, 9.17) is 4.74 Å². The fourth-order valence-electron chi connectivity index (χ4n) is 3.11. The van der Waals surface area contributed by atoms with E-state index in [0.29, 0.717) is 31.7 Å². The van der Waals surface area contributed by atoms with E-state index in [0.717, 1.165) is 12.1 Å². The van der Waals surface area contributed by atoms with Gasteiger partial charge in [-0.15, -0.1) is 0 Å². The quantitative estimate of drug-likeness (QED) is 0.751. The summed E-state index contributed by atoms with van der Waals surface area (Å²) >= 11 is 0. The number of halogens is 1. The van der Waals surface area contributed by atoms with Crippen molar-refractivity contribution in [2.24, 2.45) is 0 Å². The monoisotopic (exact) mass is 463 g/mol. The number of piperazine rings is 1. The van der Waals surface area contributed by atoms with Gasteiger partial charge in [-0.3, -0.25) is 9.52 Å². The summed E-state index contributed by atoms with van der Waals surface area (Å²) in [5.41, 5.74) is -0.0108. The van der Waals surface area contributed by atoms with Crippen LogP contribution in [0.3, 0.4) is 0 Å². The zero-order valence-electron chi connectivity index (χ0n) is 18.2. The summed E-state index contributed by atoms with van der Waals surface area (Å²) in [5, 5.41) is 0. The lowest BCUT2D eigenvalue weighted by molar-refractivity contribution is 0.0141. The predicted octanol–water partition coefficient (Wildman–Crippen LogP) is 3.32. The molecule has 2 aromatic rings. The first kappa shape index (κ1) is 23.5.